The van der Waals surface area contributed by atoms with Gasteiger partial charge in [-0.1, -0.05) is 55.5 Å². The van der Waals surface area contributed by atoms with E-state index in [1.165, 1.54) is 22.3 Å². The van der Waals surface area contributed by atoms with E-state index in [1.807, 2.05) is 18.2 Å². The first-order chi connectivity index (χ1) is 13.0. The second-order valence-corrected chi connectivity index (χ2v) is 6.98. The number of benzene rings is 3. The number of nitrogens with two attached hydrogens (primary N) is 1. The Morgan fingerprint density at radius 1 is 1.00 bits per heavy atom. The lowest BCUT2D eigenvalue weighted by molar-refractivity contribution is 1.14. The van der Waals surface area contributed by atoms with Crippen LogP contribution in [0, 0.1) is 6.92 Å². The van der Waals surface area contributed by atoms with E-state index in [2.05, 4.69) is 67.9 Å². The van der Waals surface area contributed by atoms with E-state index in [0.29, 0.717) is 5.70 Å². The maximum atomic E-state index is 5.83. The van der Waals surface area contributed by atoms with Gasteiger partial charge in [-0.2, -0.15) is 0 Å². The first-order valence-electron chi connectivity index (χ1n) is 9.19. The van der Waals surface area contributed by atoms with Crippen molar-refractivity contribution in [3.8, 4) is 22.5 Å². The van der Waals surface area contributed by atoms with Crippen molar-refractivity contribution in [3.63, 3.8) is 0 Å². The number of hydrogen-bond acceptors (Lipinski definition) is 2. The summed E-state index contributed by atoms with van der Waals surface area (Å²) in [5, 5.41) is 0. The number of imidazole rings is 1. The molecule has 4 rings (SSSR count). The molecule has 0 amide bonds. The number of aryl methyl sites for hydroxylation is 2. The molecule has 0 saturated carbocycles. The Morgan fingerprint density at radius 3 is 2.56 bits per heavy atom. The fraction of sp³-hybridized carbons (Fsp3) is 0.125. The van der Waals surface area contributed by atoms with Crippen molar-refractivity contribution in [1.29, 1.82) is 0 Å². The van der Waals surface area contributed by atoms with Gasteiger partial charge < -0.3 is 10.7 Å². The first kappa shape index (κ1) is 17.1. The highest BCUT2D eigenvalue weighted by Gasteiger charge is 2.10. The third kappa shape index (κ3) is 3.36. The van der Waals surface area contributed by atoms with Crippen LogP contribution in [-0.2, 0) is 6.42 Å². The van der Waals surface area contributed by atoms with Crippen LogP contribution in [0.4, 0.5) is 0 Å². The van der Waals surface area contributed by atoms with Crippen molar-refractivity contribution in [2.24, 2.45) is 5.73 Å². The molecule has 27 heavy (non-hydrogen) atoms. The summed E-state index contributed by atoms with van der Waals surface area (Å²) in [6, 6.07) is 21.2. The standard InChI is InChI=1S/C24H23N3/c1-4-17-11-20(19-7-5-6-15(2)10-19)13-21(12-17)24-26-22-9-8-18(16(3)25)14-23(22)27-24/h5-14H,3-4,25H2,1-2H3,(H,26,27). The van der Waals surface area contributed by atoms with Gasteiger partial charge in [0, 0.05) is 11.3 Å². The maximum Gasteiger partial charge on any atom is 0.138 e. The molecule has 1 aromatic heterocycles. The minimum atomic E-state index is 0.558. The number of H-pyrrole nitrogens is 1. The molecule has 0 atom stereocenters. The predicted molar refractivity (Wildman–Crippen MR) is 114 cm³/mol. The van der Waals surface area contributed by atoms with Gasteiger partial charge in [0.2, 0.25) is 0 Å². The van der Waals surface area contributed by atoms with Gasteiger partial charge >= 0.3 is 0 Å². The van der Waals surface area contributed by atoms with Crippen molar-refractivity contribution in [2.45, 2.75) is 20.3 Å². The van der Waals surface area contributed by atoms with E-state index >= 15 is 0 Å². The minimum absolute atomic E-state index is 0.558. The van der Waals surface area contributed by atoms with E-state index < -0.39 is 0 Å². The summed E-state index contributed by atoms with van der Waals surface area (Å²) < 4.78 is 0. The maximum absolute atomic E-state index is 5.83. The highest BCUT2D eigenvalue weighted by molar-refractivity contribution is 5.84. The van der Waals surface area contributed by atoms with E-state index in [1.54, 1.807) is 0 Å². The minimum Gasteiger partial charge on any atom is -0.399 e. The smallest absolute Gasteiger partial charge is 0.138 e. The molecule has 3 N–H and O–H groups in total. The second-order valence-electron chi connectivity index (χ2n) is 6.98. The van der Waals surface area contributed by atoms with Crippen molar-refractivity contribution in [2.75, 3.05) is 0 Å². The van der Waals surface area contributed by atoms with Crippen molar-refractivity contribution in [3.05, 3.63) is 83.9 Å². The zero-order valence-electron chi connectivity index (χ0n) is 15.7. The van der Waals surface area contributed by atoms with Gasteiger partial charge in [-0.15, -0.1) is 0 Å². The lowest BCUT2D eigenvalue weighted by Crippen LogP contribution is -1.92. The number of fused-ring (bicyclic) bond motifs is 1. The molecular formula is C24H23N3. The van der Waals surface area contributed by atoms with Crippen LogP contribution in [-0.4, -0.2) is 9.97 Å². The van der Waals surface area contributed by atoms with Gasteiger partial charge in [0.25, 0.3) is 0 Å². The van der Waals surface area contributed by atoms with Gasteiger partial charge in [-0.05, 0) is 59.9 Å². The van der Waals surface area contributed by atoms with Crippen LogP contribution in [0.5, 0.6) is 0 Å². The number of aromatic nitrogens is 2. The normalized spacial score (nSPS) is 11.0. The highest BCUT2D eigenvalue weighted by atomic mass is 14.9. The second kappa shape index (κ2) is 6.76. The number of aromatic amines is 1. The fourth-order valence-corrected chi connectivity index (χ4v) is 3.37. The lowest BCUT2D eigenvalue weighted by Gasteiger charge is -2.09. The van der Waals surface area contributed by atoms with Gasteiger partial charge in [0.05, 0.1) is 11.0 Å². The molecular weight excluding hydrogens is 330 g/mol. The summed E-state index contributed by atoms with van der Waals surface area (Å²) in [4.78, 5) is 8.23. The monoisotopic (exact) mass is 353 g/mol. The zero-order chi connectivity index (χ0) is 19.0. The molecule has 0 saturated heterocycles. The molecule has 0 aliphatic heterocycles. The zero-order valence-corrected chi connectivity index (χ0v) is 15.7. The molecule has 134 valence electrons. The van der Waals surface area contributed by atoms with Crippen LogP contribution >= 0.6 is 0 Å². The number of nitrogens with zero attached hydrogens (tertiary/aromatic N) is 1. The molecule has 3 heteroatoms. The molecule has 0 radical (unpaired) electrons. The quantitative estimate of drug-likeness (QED) is 0.494. The average Bonchev–Trinajstić information content (AvgIpc) is 3.11. The Balaban J connectivity index is 1.84. The van der Waals surface area contributed by atoms with Gasteiger partial charge in [0.15, 0.2) is 0 Å². The number of rotatable bonds is 4. The molecule has 3 aromatic carbocycles. The molecule has 4 aromatic rings. The van der Waals surface area contributed by atoms with Crippen LogP contribution in [0.1, 0.15) is 23.6 Å². The van der Waals surface area contributed by atoms with Crippen molar-refractivity contribution in [1.82, 2.24) is 9.97 Å². The fourth-order valence-electron chi connectivity index (χ4n) is 3.37. The third-order valence-electron chi connectivity index (χ3n) is 4.88. The van der Waals surface area contributed by atoms with Crippen LogP contribution < -0.4 is 5.73 Å². The highest BCUT2D eigenvalue weighted by Crippen LogP contribution is 2.29. The first-order valence-corrected chi connectivity index (χ1v) is 9.19. The Labute approximate surface area is 159 Å². The van der Waals surface area contributed by atoms with Gasteiger partial charge in [-0.3, -0.25) is 0 Å². The van der Waals surface area contributed by atoms with Crippen LogP contribution in [0.15, 0.2) is 67.2 Å². The van der Waals surface area contributed by atoms with Gasteiger partial charge in [0.1, 0.15) is 5.82 Å². The molecule has 0 aliphatic rings. The SMILES string of the molecule is C=C(N)c1ccc2nc(-c3cc(CC)cc(-c4cccc(C)c4)c3)[nH]c2c1. The Hall–Kier alpha value is -3.33. The molecule has 0 spiro atoms. The third-order valence-corrected chi connectivity index (χ3v) is 4.88. The molecule has 0 bridgehead atoms. The molecule has 0 aliphatic carbocycles. The Morgan fingerprint density at radius 2 is 1.81 bits per heavy atom. The van der Waals surface area contributed by atoms with E-state index in [4.69, 9.17) is 10.7 Å². The Kier molecular flexibility index (Phi) is 4.28. The predicted octanol–water partition coefficient (Wildman–Crippen LogP) is 5.70. The summed E-state index contributed by atoms with van der Waals surface area (Å²) in [5.41, 5.74) is 15.3. The number of nitrogens with one attached hydrogen (secondary N) is 1. The molecule has 0 unspecified atom stereocenters. The van der Waals surface area contributed by atoms with Gasteiger partial charge in [-0.25, -0.2) is 4.98 Å². The molecule has 1 heterocycles. The van der Waals surface area contributed by atoms with Crippen LogP contribution in [0.2, 0.25) is 0 Å². The summed E-state index contributed by atoms with van der Waals surface area (Å²) in [5.74, 6) is 0.869. The summed E-state index contributed by atoms with van der Waals surface area (Å²) >= 11 is 0. The van der Waals surface area contributed by atoms with Crippen molar-refractivity contribution < 1.29 is 0 Å². The summed E-state index contributed by atoms with van der Waals surface area (Å²) in [6.07, 6.45) is 0.976. The van der Waals surface area contributed by atoms with E-state index in [0.717, 1.165) is 34.4 Å². The van der Waals surface area contributed by atoms with Crippen LogP contribution in [0.25, 0.3) is 39.2 Å². The van der Waals surface area contributed by atoms with E-state index in [-0.39, 0.29) is 0 Å². The summed E-state index contributed by atoms with van der Waals surface area (Å²) in [6.45, 7) is 8.11. The molecule has 3 nitrogen and oxygen atoms in total. The Bertz CT molecular complexity index is 1150. The van der Waals surface area contributed by atoms with Crippen LogP contribution in [0.3, 0.4) is 0 Å². The topological polar surface area (TPSA) is 54.7 Å². The average molecular weight is 353 g/mol. The largest absolute Gasteiger partial charge is 0.399 e. The van der Waals surface area contributed by atoms with Crippen molar-refractivity contribution >= 4 is 16.7 Å². The molecule has 0 fully saturated rings. The summed E-state index contributed by atoms with van der Waals surface area (Å²) in [7, 11) is 0. The van der Waals surface area contributed by atoms with E-state index in [9.17, 15) is 0 Å². The lowest BCUT2D eigenvalue weighted by atomic mass is 9.97. The number of hydrogen-bond donors (Lipinski definition) is 2.